The molecular formula is C24H26N4O3. The number of benzene rings is 1. The van der Waals surface area contributed by atoms with Gasteiger partial charge in [0.2, 0.25) is 11.8 Å². The van der Waals surface area contributed by atoms with Crippen molar-refractivity contribution in [1.29, 1.82) is 0 Å². The monoisotopic (exact) mass is 418 g/mol. The smallest absolute Gasteiger partial charge is 0.230 e. The van der Waals surface area contributed by atoms with E-state index < -0.39 is 17.4 Å². The molecule has 3 aliphatic heterocycles. The first-order chi connectivity index (χ1) is 14.9. The summed E-state index contributed by atoms with van der Waals surface area (Å²) in [5.41, 5.74) is 3.46. The summed E-state index contributed by atoms with van der Waals surface area (Å²) in [6.07, 6.45) is 8.45. The lowest BCUT2D eigenvalue weighted by molar-refractivity contribution is -0.143. The first-order valence-electron chi connectivity index (χ1n) is 10.6. The van der Waals surface area contributed by atoms with E-state index in [2.05, 4.69) is 42.0 Å². The molecule has 7 nitrogen and oxygen atoms in total. The fourth-order valence-electron chi connectivity index (χ4n) is 5.16. The first kappa shape index (κ1) is 19.9. The minimum Gasteiger partial charge on any atom is -0.360 e. The molecule has 160 valence electrons. The van der Waals surface area contributed by atoms with Crippen LogP contribution in [0, 0.1) is 25.7 Å². The van der Waals surface area contributed by atoms with Crippen LogP contribution in [-0.2, 0) is 27.4 Å². The molecule has 3 aliphatic rings. The average molecular weight is 418 g/mol. The largest absolute Gasteiger partial charge is 0.360 e. The third-order valence-corrected chi connectivity index (χ3v) is 6.72. The van der Waals surface area contributed by atoms with E-state index in [9.17, 15) is 9.59 Å². The zero-order chi connectivity index (χ0) is 21.8. The number of likely N-dealkylation sites (tertiary alicyclic amines) is 1. The van der Waals surface area contributed by atoms with Gasteiger partial charge >= 0.3 is 0 Å². The number of aromatic nitrogens is 2. The maximum atomic E-state index is 13.5. The van der Waals surface area contributed by atoms with Crippen LogP contribution in [0.3, 0.4) is 0 Å². The Balaban J connectivity index is 1.37. The van der Waals surface area contributed by atoms with Crippen LogP contribution in [0.15, 0.2) is 48.9 Å². The molecule has 4 heterocycles. The van der Waals surface area contributed by atoms with Gasteiger partial charge in [-0.05, 0) is 25.0 Å². The Kier molecular flexibility index (Phi) is 4.66. The molecule has 0 N–H and O–H groups in total. The quantitative estimate of drug-likeness (QED) is 0.695. The van der Waals surface area contributed by atoms with Crippen molar-refractivity contribution >= 4 is 11.8 Å². The molecule has 2 amide bonds. The fraction of sp³-hybridized carbons (Fsp3) is 0.417. The average Bonchev–Trinajstić information content (AvgIpc) is 3.39. The van der Waals surface area contributed by atoms with Gasteiger partial charge in [0.1, 0.15) is 5.60 Å². The highest BCUT2D eigenvalue weighted by Gasteiger charge is 2.67. The lowest BCUT2D eigenvalue weighted by atomic mass is 9.76. The van der Waals surface area contributed by atoms with E-state index >= 15 is 0 Å². The molecule has 0 saturated carbocycles. The summed E-state index contributed by atoms with van der Waals surface area (Å²) in [6, 6.07) is 6.28. The maximum Gasteiger partial charge on any atom is 0.230 e. The van der Waals surface area contributed by atoms with Crippen molar-refractivity contribution < 1.29 is 14.3 Å². The standard InChI is InChI=1S/C24H26N4O3/c1-15-4-5-16(2)17(10-15)12-28-14-24-7-6-19(31-24)20(21(24)23(28)30)22(29)27(3)13-18-11-25-8-9-26-18/h4-11,19-21H,12-14H2,1-3H3/t19-,20+,21-,24-/m0/s1. The molecule has 4 atom stereocenters. The molecule has 7 heteroatoms. The number of ether oxygens (including phenoxy) is 1. The number of carbonyl (C=O) groups is 2. The number of hydrogen-bond donors (Lipinski definition) is 0. The maximum absolute atomic E-state index is 13.5. The van der Waals surface area contributed by atoms with Crippen LogP contribution >= 0.6 is 0 Å². The van der Waals surface area contributed by atoms with Gasteiger partial charge in [-0.3, -0.25) is 19.6 Å². The molecule has 0 radical (unpaired) electrons. The molecule has 0 aliphatic carbocycles. The van der Waals surface area contributed by atoms with Crippen molar-refractivity contribution in [1.82, 2.24) is 19.8 Å². The van der Waals surface area contributed by atoms with Crippen LogP contribution in [0.4, 0.5) is 0 Å². The summed E-state index contributed by atoms with van der Waals surface area (Å²) >= 11 is 0. The topological polar surface area (TPSA) is 75.6 Å². The number of nitrogens with zero attached hydrogens (tertiary/aromatic N) is 4. The summed E-state index contributed by atoms with van der Waals surface area (Å²) in [5, 5.41) is 0. The van der Waals surface area contributed by atoms with Gasteiger partial charge in [-0.1, -0.05) is 35.9 Å². The van der Waals surface area contributed by atoms with E-state index in [0.29, 0.717) is 25.3 Å². The van der Waals surface area contributed by atoms with Gasteiger partial charge in [0.15, 0.2) is 0 Å². The highest BCUT2D eigenvalue weighted by Crippen LogP contribution is 2.52. The van der Waals surface area contributed by atoms with Crippen molar-refractivity contribution in [3.63, 3.8) is 0 Å². The van der Waals surface area contributed by atoms with Crippen LogP contribution in [0.1, 0.15) is 22.4 Å². The predicted molar refractivity (Wildman–Crippen MR) is 114 cm³/mol. The molecule has 1 aromatic carbocycles. The molecule has 2 aromatic rings. The Labute approximate surface area is 181 Å². The minimum atomic E-state index is -0.701. The molecule has 31 heavy (non-hydrogen) atoms. The normalized spacial score (nSPS) is 28.3. The minimum absolute atomic E-state index is 0.000918. The number of fused-ring (bicyclic) bond motifs is 1. The van der Waals surface area contributed by atoms with Crippen LogP contribution in [-0.4, -0.2) is 56.9 Å². The van der Waals surface area contributed by atoms with Crippen molar-refractivity contribution in [3.05, 3.63) is 71.3 Å². The van der Waals surface area contributed by atoms with E-state index in [1.807, 2.05) is 17.1 Å². The molecular weight excluding hydrogens is 392 g/mol. The van der Waals surface area contributed by atoms with Gasteiger partial charge < -0.3 is 14.5 Å². The second-order valence-electron chi connectivity index (χ2n) is 8.92. The van der Waals surface area contributed by atoms with Gasteiger partial charge in [-0.25, -0.2) is 0 Å². The zero-order valence-electron chi connectivity index (χ0n) is 18.0. The van der Waals surface area contributed by atoms with Crippen molar-refractivity contribution in [2.24, 2.45) is 11.8 Å². The number of aryl methyl sites for hydroxylation is 2. The molecule has 1 aromatic heterocycles. The Morgan fingerprint density at radius 1 is 1.32 bits per heavy atom. The van der Waals surface area contributed by atoms with Crippen LogP contribution in [0.2, 0.25) is 0 Å². The molecule has 0 unspecified atom stereocenters. The number of rotatable bonds is 5. The van der Waals surface area contributed by atoms with Crippen LogP contribution < -0.4 is 0 Å². The Morgan fingerprint density at radius 2 is 2.16 bits per heavy atom. The van der Waals surface area contributed by atoms with Crippen molar-refractivity contribution in [3.8, 4) is 0 Å². The Bertz CT molecular complexity index is 1070. The van der Waals surface area contributed by atoms with Crippen molar-refractivity contribution in [2.45, 2.75) is 38.6 Å². The van der Waals surface area contributed by atoms with E-state index in [4.69, 9.17) is 4.74 Å². The van der Waals surface area contributed by atoms with Gasteiger partial charge in [-0.15, -0.1) is 0 Å². The van der Waals surface area contributed by atoms with Gasteiger partial charge in [0.05, 0.1) is 42.9 Å². The van der Waals surface area contributed by atoms with Gasteiger partial charge in [-0.2, -0.15) is 0 Å². The third-order valence-electron chi connectivity index (χ3n) is 6.72. The van der Waals surface area contributed by atoms with E-state index in [1.165, 1.54) is 5.56 Å². The predicted octanol–water partition coefficient (Wildman–Crippen LogP) is 2.03. The SMILES string of the molecule is Cc1ccc(C)c(CN2C[C@]34C=C[C@H](O3)[C@@H](C(=O)N(C)Cc3cnccn3)[C@H]4C2=O)c1. The summed E-state index contributed by atoms with van der Waals surface area (Å²) in [4.78, 5) is 38.7. The van der Waals surface area contributed by atoms with Crippen LogP contribution in [0.5, 0.6) is 0 Å². The molecule has 5 rings (SSSR count). The lowest BCUT2D eigenvalue weighted by Crippen LogP contribution is -2.44. The second kappa shape index (κ2) is 7.27. The fourth-order valence-corrected chi connectivity index (χ4v) is 5.16. The highest BCUT2D eigenvalue weighted by molar-refractivity contribution is 5.93. The Hall–Kier alpha value is -3.06. The van der Waals surface area contributed by atoms with E-state index in [-0.39, 0.29) is 17.9 Å². The van der Waals surface area contributed by atoms with Crippen molar-refractivity contribution in [2.75, 3.05) is 13.6 Å². The van der Waals surface area contributed by atoms with Gasteiger partial charge in [0.25, 0.3) is 0 Å². The summed E-state index contributed by atoms with van der Waals surface area (Å²) in [5.74, 6) is -1.08. The van der Waals surface area contributed by atoms with E-state index in [1.54, 1.807) is 30.5 Å². The summed E-state index contributed by atoms with van der Waals surface area (Å²) < 4.78 is 6.26. The summed E-state index contributed by atoms with van der Waals surface area (Å²) in [6.45, 7) is 5.47. The number of carbonyl (C=O) groups excluding carboxylic acids is 2. The van der Waals surface area contributed by atoms with Crippen LogP contribution in [0.25, 0.3) is 0 Å². The number of hydrogen-bond acceptors (Lipinski definition) is 5. The summed E-state index contributed by atoms with van der Waals surface area (Å²) in [7, 11) is 1.74. The van der Waals surface area contributed by atoms with Gasteiger partial charge in [0, 0.05) is 26.0 Å². The molecule has 2 fully saturated rings. The zero-order valence-corrected chi connectivity index (χ0v) is 18.0. The Morgan fingerprint density at radius 3 is 2.94 bits per heavy atom. The third kappa shape index (κ3) is 3.24. The second-order valence-corrected chi connectivity index (χ2v) is 8.92. The molecule has 1 spiro atoms. The highest BCUT2D eigenvalue weighted by atomic mass is 16.5. The first-order valence-corrected chi connectivity index (χ1v) is 10.6. The number of amides is 2. The molecule has 2 saturated heterocycles. The molecule has 2 bridgehead atoms. The van der Waals surface area contributed by atoms with E-state index in [0.717, 1.165) is 11.1 Å². The lowest BCUT2D eigenvalue weighted by Gasteiger charge is -2.27.